The first kappa shape index (κ1) is 23.8. The molecule has 1 aromatic carbocycles. The van der Waals surface area contributed by atoms with Gasteiger partial charge in [-0.05, 0) is 78.4 Å². The molecule has 10 heteroatoms. The summed E-state index contributed by atoms with van der Waals surface area (Å²) in [6, 6.07) is 2.83. The smallest absolute Gasteiger partial charge is 0.478 e. The number of carbonyl (C=O) groups excluding carboxylic acids is 1. The monoisotopic (exact) mass is 432 g/mol. The standard InChI is InChI=1S/C21H30B2O8/c1-18(2)19(3,4)29-22(28-18)14-11-13(17(26)27-9)15(10-12(14)16(24)25)23-30-20(5,6)21(7,8)31-23/h10-11H,1-9H3,(H,24,25). The van der Waals surface area contributed by atoms with Crippen LogP contribution in [0.2, 0.25) is 0 Å². The van der Waals surface area contributed by atoms with E-state index in [1.165, 1.54) is 19.2 Å². The molecule has 0 amide bonds. The Balaban J connectivity index is 2.16. The Labute approximate surface area is 183 Å². The summed E-state index contributed by atoms with van der Waals surface area (Å²) < 4.78 is 29.2. The molecule has 2 aliphatic rings. The second-order valence-electron chi connectivity index (χ2n) is 10.00. The van der Waals surface area contributed by atoms with Gasteiger partial charge in [-0.1, -0.05) is 0 Å². The Hall–Kier alpha value is -1.87. The molecule has 8 nitrogen and oxygen atoms in total. The van der Waals surface area contributed by atoms with Crippen molar-refractivity contribution in [1.29, 1.82) is 0 Å². The van der Waals surface area contributed by atoms with Gasteiger partial charge in [0.05, 0.1) is 40.6 Å². The highest BCUT2D eigenvalue weighted by Crippen LogP contribution is 2.38. The van der Waals surface area contributed by atoms with E-state index in [2.05, 4.69) is 0 Å². The van der Waals surface area contributed by atoms with Crippen molar-refractivity contribution in [3.8, 4) is 0 Å². The molecular formula is C21H30B2O8. The molecule has 168 valence electrons. The van der Waals surface area contributed by atoms with E-state index in [4.69, 9.17) is 23.4 Å². The minimum absolute atomic E-state index is 0.0594. The SMILES string of the molecule is COC(=O)c1cc(B2OC(C)(C)C(C)(C)O2)c(C(=O)O)cc1B1OC(C)(C)C(C)(C)O1. The van der Waals surface area contributed by atoms with Gasteiger partial charge in [0.2, 0.25) is 0 Å². The molecule has 0 atom stereocenters. The van der Waals surface area contributed by atoms with Gasteiger partial charge in [0, 0.05) is 0 Å². The van der Waals surface area contributed by atoms with Crippen LogP contribution in [0.25, 0.3) is 0 Å². The van der Waals surface area contributed by atoms with Crippen molar-refractivity contribution in [3.05, 3.63) is 23.3 Å². The minimum atomic E-state index is -1.18. The van der Waals surface area contributed by atoms with Crippen LogP contribution in [-0.2, 0) is 23.4 Å². The topological polar surface area (TPSA) is 101 Å². The second kappa shape index (κ2) is 7.33. The van der Waals surface area contributed by atoms with Crippen LogP contribution in [-0.4, -0.2) is 60.8 Å². The van der Waals surface area contributed by atoms with Crippen molar-refractivity contribution in [2.45, 2.75) is 77.8 Å². The molecule has 1 N–H and O–H groups in total. The first-order chi connectivity index (χ1) is 14.0. The fourth-order valence-corrected chi connectivity index (χ4v) is 3.44. The van der Waals surface area contributed by atoms with Crippen LogP contribution in [0.3, 0.4) is 0 Å². The van der Waals surface area contributed by atoms with Crippen LogP contribution in [0, 0.1) is 0 Å². The molecule has 3 rings (SSSR count). The normalized spacial score (nSPS) is 23.1. The molecule has 0 unspecified atom stereocenters. The number of carbonyl (C=O) groups is 2. The third kappa shape index (κ3) is 3.91. The Morgan fingerprint density at radius 3 is 1.39 bits per heavy atom. The molecule has 0 saturated carbocycles. The average molecular weight is 432 g/mol. The first-order valence-electron chi connectivity index (χ1n) is 10.2. The van der Waals surface area contributed by atoms with Crippen molar-refractivity contribution in [2.75, 3.05) is 7.11 Å². The number of hydrogen-bond donors (Lipinski definition) is 1. The Kier molecular flexibility index (Phi) is 5.63. The molecule has 2 aliphatic heterocycles. The maximum Gasteiger partial charge on any atom is 0.495 e. The fourth-order valence-electron chi connectivity index (χ4n) is 3.44. The largest absolute Gasteiger partial charge is 0.495 e. The van der Waals surface area contributed by atoms with Crippen LogP contribution in [0.4, 0.5) is 0 Å². The van der Waals surface area contributed by atoms with Gasteiger partial charge in [-0.25, -0.2) is 9.59 Å². The van der Waals surface area contributed by atoms with Crippen molar-refractivity contribution >= 4 is 37.1 Å². The Morgan fingerprint density at radius 2 is 1.06 bits per heavy atom. The molecule has 0 aromatic heterocycles. The summed E-state index contributed by atoms with van der Waals surface area (Å²) in [5, 5.41) is 9.94. The predicted octanol–water partition coefficient (Wildman–Crippen LogP) is 1.77. The maximum absolute atomic E-state index is 12.7. The molecule has 2 heterocycles. The zero-order valence-electron chi connectivity index (χ0n) is 19.6. The van der Waals surface area contributed by atoms with Gasteiger partial charge in [0.1, 0.15) is 0 Å². The molecular weight excluding hydrogens is 402 g/mol. The van der Waals surface area contributed by atoms with E-state index in [1.54, 1.807) is 0 Å². The summed E-state index contributed by atoms with van der Waals surface area (Å²) in [6.45, 7) is 15.0. The van der Waals surface area contributed by atoms with E-state index in [0.717, 1.165) is 0 Å². The molecule has 1 aromatic rings. The summed E-state index contributed by atoms with van der Waals surface area (Å²) in [5.41, 5.74) is -2.11. The molecule has 2 saturated heterocycles. The van der Waals surface area contributed by atoms with Crippen molar-refractivity contribution < 1.29 is 38.0 Å². The van der Waals surface area contributed by atoms with Crippen molar-refractivity contribution in [2.24, 2.45) is 0 Å². The van der Waals surface area contributed by atoms with Crippen LogP contribution >= 0.6 is 0 Å². The third-order valence-electron chi connectivity index (χ3n) is 6.87. The zero-order valence-corrected chi connectivity index (χ0v) is 19.6. The van der Waals surface area contributed by atoms with Gasteiger partial charge in [0.15, 0.2) is 0 Å². The lowest BCUT2D eigenvalue weighted by Crippen LogP contribution is -2.45. The van der Waals surface area contributed by atoms with E-state index in [0.29, 0.717) is 0 Å². The van der Waals surface area contributed by atoms with Crippen LogP contribution in [0.5, 0.6) is 0 Å². The molecule has 0 aliphatic carbocycles. The summed E-state index contributed by atoms with van der Waals surface area (Å²) in [4.78, 5) is 24.8. The van der Waals surface area contributed by atoms with Gasteiger partial charge in [-0.2, -0.15) is 0 Å². The third-order valence-corrected chi connectivity index (χ3v) is 6.87. The predicted molar refractivity (Wildman–Crippen MR) is 116 cm³/mol. The summed E-state index contributed by atoms with van der Waals surface area (Å²) >= 11 is 0. The quantitative estimate of drug-likeness (QED) is 0.568. The lowest BCUT2D eigenvalue weighted by Gasteiger charge is -2.32. The summed E-state index contributed by atoms with van der Waals surface area (Å²) in [7, 11) is -0.646. The average Bonchev–Trinajstić information content (AvgIpc) is 2.99. The number of rotatable bonds is 4. The number of carboxylic acid groups (broad SMARTS) is 1. The van der Waals surface area contributed by atoms with Gasteiger partial charge in [-0.3, -0.25) is 0 Å². The highest BCUT2D eigenvalue weighted by molar-refractivity contribution is 6.66. The van der Waals surface area contributed by atoms with E-state index in [1.807, 2.05) is 55.4 Å². The summed E-state index contributed by atoms with van der Waals surface area (Å²) in [6.07, 6.45) is 0. The van der Waals surface area contributed by atoms with Gasteiger partial charge in [-0.15, -0.1) is 0 Å². The molecule has 31 heavy (non-hydrogen) atoms. The molecule has 0 bridgehead atoms. The number of aromatic carboxylic acids is 1. The number of hydrogen-bond acceptors (Lipinski definition) is 7. The highest BCUT2D eigenvalue weighted by Gasteiger charge is 2.55. The molecule has 2 fully saturated rings. The maximum atomic E-state index is 12.7. The van der Waals surface area contributed by atoms with Crippen LogP contribution < -0.4 is 10.9 Å². The van der Waals surface area contributed by atoms with E-state index in [-0.39, 0.29) is 22.1 Å². The van der Waals surface area contributed by atoms with Gasteiger partial charge >= 0.3 is 26.2 Å². The van der Waals surface area contributed by atoms with Crippen LogP contribution in [0.1, 0.15) is 76.1 Å². The van der Waals surface area contributed by atoms with E-state index >= 15 is 0 Å². The van der Waals surface area contributed by atoms with Crippen molar-refractivity contribution in [1.82, 2.24) is 0 Å². The number of methoxy groups -OCH3 is 1. The molecule has 0 radical (unpaired) electrons. The Morgan fingerprint density at radius 1 is 0.742 bits per heavy atom. The highest BCUT2D eigenvalue weighted by atomic mass is 16.7. The number of carboxylic acids is 1. The number of benzene rings is 1. The first-order valence-corrected chi connectivity index (χ1v) is 10.2. The summed E-state index contributed by atoms with van der Waals surface area (Å²) in [5.74, 6) is -1.82. The van der Waals surface area contributed by atoms with Gasteiger partial charge in [0.25, 0.3) is 0 Å². The molecule has 0 spiro atoms. The lowest BCUT2D eigenvalue weighted by atomic mass is 9.68. The second-order valence-corrected chi connectivity index (χ2v) is 10.00. The van der Waals surface area contributed by atoms with Gasteiger partial charge < -0.3 is 28.5 Å². The Bertz CT molecular complexity index is 890. The van der Waals surface area contributed by atoms with E-state index < -0.39 is 48.6 Å². The minimum Gasteiger partial charge on any atom is -0.478 e. The van der Waals surface area contributed by atoms with Crippen LogP contribution in [0.15, 0.2) is 12.1 Å². The lowest BCUT2D eigenvalue weighted by molar-refractivity contribution is 0.00578. The fraction of sp³-hybridized carbons (Fsp3) is 0.619. The van der Waals surface area contributed by atoms with Crippen molar-refractivity contribution in [3.63, 3.8) is 0 Å². The van der Waals surface area contributed by atoms with E-state index in [9.17, 15) is 14.7 Å². The number of esters is 1. The number of ether oxygens (including phenoxy) is 1. The zero-order chi connectivity index (χ0) is 23.6.